The molecule has 1 amide bonds. The van der Waals surface area contributed by atoms with Crippen LogP contribution in [0.4, 0.5) is 5.82 Å². The lowest BCUT2D eigenvalue weighted by atomic mass is 10.1. The Morgan fingerprint density at radius 1 is 1.30 bits per heavy atom. The number of carbonyl (C=O) groups excluding carboxylic acids is 1. The second-order valence-electron chi connectivity index (χ2n) is 5.62. The zero-order chi connectivity index (χ0) is 16.1. The van der Waals surface area contributed by atoms with Crippen LogP contribution in [0, 0.1) is 0 Å². The summed E-state index contributed by atoms with van der Waals surface area (Å²) in [4.78, 5) is 22.6. The van der Waals surface area contributed by atoms with Crippen molar-refractivity contribution in [1.29, 1.82) is 0 Å². The van der Waals surface area contributed by atoms with Gasteiger partial charge in [-0.05, 0) is 37.1 Å². The van der Waals surface area contributed by atoms with Crippen molar-refractivity contribution in [3.63, 3.8) is 0 Å². The molecular formula is C17H20N4O2. The zero-order valence-corrected chi connectivity index (χ0v) is 12.9. The number of nitrogens with two attached hydrogens (primary N) is 1. The van der Waals surface area contributed by atoms with Gasteiger partial charge >= 0.3 is 0 Å². The number of rotatable bonds is 4. The lowest BCUT2D eigenvalue weighted by molar-refractivity contribution is -0.00786. The minimum atomic E-state index is -0.0244. The predicted molar refractivity (Wildman–Crippen MR) is 86.6 cm³/mol. The molecule has 1 saturated heterocycles. The van der Waals surface area contributed by atoms with Crippen LogP contribution in [0.15, 0.2) is 42.7 Å². The summed E-state index contributed by atoms with van der Waals surface area (Å²) in [6.45, 7) is 1.81. The van der Waals surface area contributed by atoms with Crippen LogP contribution >= 0.6 is 0 Å². The average Bonchev–Trinajstić information content (AvgIpc) is 2.61. The minimum absolute atomic E-state index is 0.0244. The van der Waals surface area contributed by atoms with E-state index in [1.165, 1.54) is 6.20 Å². The van der Waals surface area contributed by atoms with Crippen LogP contribution in [0.1, 0.15) is 28.9 Å². The third-order valence-corrected chi connectivity index (χ3v) is 3.89. The maximum absolute atomic E-state index is 12.5. The highest BCUT2D eigenvalue weighted by Crippen LogP contribution is 2.17. The number of carbonyl (C=O) groups is 1. The molecule has 2 aromatic rings. The second kappa shape index (κ2) is 7.19. The molecule has 1 aliphatic heterocycles. The molecule has 3 rings (SSSR count). The highest BCUT2D eigenvalue weighted by Gasteiger charge is 2.25. The summed E-state index contributed by atoms with van der Waals surface area (Å²) in [6.07, 6.45) is 5.20. The first-order valence-electron chi connectivity index (χ1n) is 7.74. The molecule has 0 unspecified atom stereocenters. The molecule has 120 valence electrons. The standard InChI is InChI=1S/C17H20N4O2/c18-16-7-6-13(10-20-16)17(22)21-9-3-5-15(11-21)23-12-14-4-1-2-8-19-14/h1-2,4,6-8,10,15H,3,5,9,11-12H2,(H2,18,20)/t15-/m1/s1. The molecule has 0 aromatic carbocycles. The Balaban J connectivity index is 1.57. The molecule has 6 heteroatoms. The topological polar surface area (TPSA) is 81.3 Å². The van der Waals surface area contributed by atoms with Crippen LogP contribution in [0.2, 0.25) is 0 Å². The number of amides is 1. The number of anilines is 1. The maximum Gasteiger partial charge on any atom is 0.255 e. The van der Waals surface area contributed by atoms with Gasteiger partial charge in [0.1, 0.15) is 5.82 Å². The molecule has 2 N–H and O–H groups in total. The Kier molecular flexibility index (Phi) is 4.83. The summed E-state index contributed by atoms with van der Waals surface area (Å²) in [7, 11) is 0. The summed E-state index contributed by atoms with van der Waals surface area (Å²) in [5, 5.41) is 0. The number of aromatic nitrogens is 2. The van der Waals surface area contributed by atoms with Crippen LogP contribution in [-0.2, 0) is 11.3 Å². The lowest BCUT2D eigenvalue weighted by Gasteiger charge is -2.32. The van der Waals surface area contributed by atoms with Gasteiger partial charge in [-0.1, -0.05) is 6.07 Å². The van der Waals surface area contributed by atoms with Gasteiger partial charge in [0.15, 0.2) is 0 Å². The first kappa shape index (κ1) is 15.4. The number of pyridine rings is 2. The van der Waals surface area contributed by atoms with Gasteiger partial charge in [0.2, 0.25) is 0 Å². The Labute approximate surface area is 135 Å². The van der Waals surface area contributed by atoms with Crippen LogP contribution in [-0.4, -0.2) is 40.0 Å². The van der Waals surface area contributed by atoms with Crippen LogP contribution < -0.4 is 5.73 Å². The highest BCUT2D eigenvalue weighted by molar-refractivity contribution is 5.94. The number of hydrogen-bond donors (Lipinski definition) is 1. The van der Waals surface area contributed by atoms with Gasteiger partial charge in [-0.25, -0.2) is 4.98 Å². The van der Waals surface area contributed by atoms with Crippen molar-refractivity contribution in [2.75, 3.05) is 18.8 Å². The van der Waals surface area contributed by atoms with Gasteiger partial charge in [0.25, 0.3) is 5.91 Å². The fraction of sp³-hybridized carbons (Fsp3) is 0.353. The Hall–Kier alpha value is -2.47. The van der Waals surface area contributed by atoms with Crippen molar-refractivity contribution in [3.05, 3.63) is 54.0 Å². The largest absolute Gasteiger partial charge is 0.384 e. The molecule has 0 bridgehead atoms. The van der Waals surface area contributed by atoms with Crippen molar-refractivity contribution >= 4 is 11.7 Å². The van der Waals surface area contributed by atoms with E-state index in [4.69, 9.17) is 10.5 Å². The zero-order valence-electron chi connectivity index (χ0n) is 12.9. The minimum Gasteiger partial charge on any atom is -0.384 e. The third-order valence-electron chi connectivity index (χ3n) is 3.89. The number of hydrogen-bond acceptors (Lipinski definition) is 5. The van der Waals surface area contributed by atoms with Gasteiger partial charge in [-0.15, -0.1) is 0 Å². The van der Waals surface area contributed by atoms with E-state index in [0.717, 1.165) is 25.1 Å². The number of nitrogen functional groups attached to an aromatic ring is 1. The Bertz CT molecular complexity index is 645. The molecule has 0 radical (unpaired) electrons. The van der Waals surface area contributed by atoms with Crippen LogP contribution in [0.5, 0.6) is 0 Å². The molecule has 23 heavy (non-hydrogen) atoms. The lowest BCUT2D eigenvalue weighted by Crippen LogP contribution is -2.43. The molecule has 1 atom stereocenters. The van der Waals surface area contributed by atoms with Crippen molar-refractivity contribution in [1.82, 2.24) is 14.9 Å². The van der Waals surface area contributed by atoms with Crippen molar-refractivity contribution < 1.29 is 9.53 Å². The second-order valence-corrected chi connectivity index (χ2v) is 5.62. The number of ether oxygens (including phenoxy) is 1. The van der Waals surface area contributed by atoms with E-state index in [-0.39, 0.29) is 12.0 Å². The normalized spacial score (nSPS) is 17.9. The molecule has 3 heterocycles. The quantitative estimate of drug-likeness (QED) is 0.932. The molecule has 2 aromatic heterocycles. The summed E-state index contributed by atoms with van der Waals surface area (Å²) >= 11 is 0. The molecule has 0 saturated carbocycles. The smallest absolute Gasteiger partial charge is 0.255 e. The summed E-state index contributed by atoms with van der Waals surface area (Å²) in [5.74, 6) is 0.389. The first-order valence-corrected chi connectivity index (χ1v) is 7.74. The van der Waals surface area contributed by atoms with Crippen LogP contribution in [0.25, 0.3) is 0 Å². The van der Waals surface area contributed by atoms with E-state index >= 15 is 0 Å². The summed E-state index contributed by atoms with van der Waals surface area (Å²) in [5.41, 5.74) is 7.02. The van der Waals surface area contributed by atoms with E-state index < -0.39 is 0 Å². The molecule has 6 nitrogen and oxygen atoms in total. The fourth-order valence-electron chi connectivity index (χ4n) is 2.66. The van der Waals surface area contributed by atoms with Gasteiger partial charge in [0.05, 0.1) is 24.0 Å². The predicted octanol–water partition coefficient (Wildman–Crippen LogP) is 1.88. The fourth-order valence-corrected chi connectivity index (χ4v) is 2.66. The van der Waals surface area contributed by atoms with E-state index in [9.17, 15) is 4.79 Å². The van der Waals surface area contributed by atoms with Crippen molar-refractivity contribution in [3.8, 4) is 0 Å². The van der Waals surface area contributed by atoms with Gasteiger partial charge in [0, 0.05) is 25.5 Å². The van der Waals surface area contributed by atoms with E-state index in [2.05, 4.69) is 9.97 Å². The molecule has 1 fully saturated rings. The van der Waals surface area contributed by atoms with Gasteiger partial charge in [-0.2, -0.15) is 0 Å². The first-order chi connectivity index (χ1) is 11.2. The molecule has 0 spiro atoms. The maximum atomic E-state index is 12.5. The number of likely N-dealkylation sites (tertiary alicyclic amines) is 1. The SMILES string of the molecule is Nc1ccc(C(=O)N2CCC[C@@H](OCc3ccccn3)C2)cn1. The van der Waals surface area contributed by atoms with E-state index in [1.807, 2.05) is 23.1 Å². The van der Waals surface area contributed by atoms with Crippen LogP contribution in [0.3, 0.4) is 0 Å². The Morgan fingerprint density at radius 2 is 2.22 bits per heavy atom. The summed E-state index contributed by atoms with van der Waals surface area (Å²) < 4.78 is 5.91. The Morgan fingerprint density at radius 3 is 2.96 bits per heavy atom. The van der Waals surface area contributed by atoms with E-state index in [1.54, 1.807) is 18.3 Å². The molecular weight excluding hydrogens is 292 g/mol. The molecule has 0 aliphatic carbocycles. The summed E-state index contributed by atoms with van der Waals surface area (Å²) in [6, 6.07) is 9.11. The van der Waals surface area contributed by atoms with Gasteiger partial charge < -0.3 is 15.4 Å². The average molecular weight is 312 g/mol. The number of nitrogens with zero attached hydrogens (tertiary/aromatic N) is 3. The number of piperidine rings is 1. The third kappa shape index (κ3) is 4.04. The highest BCUT2D eigenvalue weighted by atomic mass is 16.5. The molecule has 1 aliphatic rings. The van der Waals surface area contributed by atoms with Crippen molar-refractivity contribution in [2.24, 2.45) is 0 Å². The van der Waals surface area contributed by atoms with E-state index in [0.29, 0.717) is 24.5 Å². The monoisotopic (exact) mass is 312 g/mol. The van der Waals surface area contributed by atoms with Crippen molar-refractivity contribution in [2.45, 2.75) is 25.6 Å². The van der Waals surface area contributed by atoms with Gasteiger partial charge in [-0.3, -0.25) is 9.78 Å².